The number of fused-ring (bicyclic) bond motifs is 1. The second-order valence-corrected chi connectivity index (χ2v) is 6.81. The van der Waals surface area contributed by atoms with E-state index in [-0.39, 0.29) is 28.2 Å². The Morgan fingerprint density at radius 1 is 1.16 bits per heavy atom. The first-order valence-electron chi connectivity index (χ1n) is 9.30. The summed E-state index contributed by atoms with van der Waals surface area (Å²) in [5, 5.41) is 4.57. The zero-order valence-corrected chi connectivity index (χ0v) is 16.8. The van der Waals surface area contributed by atoms with Gasteiger partial charge in [-0.2, -0.15) is 17.7 Å². The van der Waals surface area contributed by atoms with Gasteiger partial charge in [0.1, 0.15) is 11.3 Å². The normalized spacial score (nSPS) is 11.5. The van der Waals surface area contributed by atoms with Crippen LogP contribution in [0.15, 0.2) is 53.5 Å². The number of methoxy groups -OCH3 is 1. The van der Waals surface area contributed by atoms with E-state index < -0.39 is 28.9 Å². The van der Waals surface area contributed by atoms with Gasteiger partial charge in [0.15, 0.2) is 5.65 Å². The molecule has 4 aromatic rings. The highest BCUT2D eigenvalue weighted by molar-refractivity contribution is 6.05. The largest absolute Gasteiger partial charge is 0.481 e. The number of carbonyl (C=O) groups is 1. The van der Waals surface area contributed by atoms with Crippen LogP contribution in [0.3, 0.4) is 0 Å². The lowest BCUT2D eigenvalue weighted by Gasteiger charge is -2.08. The third-order valence-electron chi connectivity index (χ3n) is 4.74. The molecule has 3 heterocycles. The molecule has 0 fully saturated rings. The van der Waals surface area contributed by atoms with Gasteiger partial charge >= 0.3 is 6.18 Å². The first-order chi connectivity index (χ1) is 15.2. The first-order valence-corrected chi connectivity index (χ1v) is 9.30. The molecule has 2 N–H and O–H groups in total. The van der Waals surface area contributed by atoms with Crippen molar-refractivity contribution >= 4 is 17.2 Å². The third kappa shape index (κ3) is 3.68. The topological polar surface area (TPSA) is 101 Å². The van der Waals surface area contributed by atoms with E-state index in [0.717, 1.165) is 0 Å². The van der Waals surface area contributed by atoms with E-state index >= 15 is 0 Å². The van der Waals surface area contributed by atoms with Crippen molar-refractivity contribution in [1.82, 2.24) is 19.6 Å². The fraction of sp³-hybridized carbons (Fsp3) is 0.143. The quantitative estimate of drug-likeness (QED) is 0.501. The molecule has 1 aromatic carbocycles. The van der Waals surface area contributed by atoms with Crippen LogP contribution in [-0.4, -0.2) is 32.6 Å². The van der Waals surface area contributed by atoms with Crippen LogP contribution in [0.25, 0.3) is 16.8 Å². The van der Waals surface area contributed by atoms with Crippen LogP contribution in [0.4, 0.5) is 18.9 Å². The lowest BCUT2D eigenvalue weighted by Crippen LogP contribution is -2.29. The second kappa shape index (κ2) is 7.84. The summed E-state index contributed by atoms with van der Waals surface area (Å²) in [6.07, 6.45) is -3.46. The summed E-state index contributed by atoms with van der Waals surface area (Å²) < 4.78 is 46.8. The maximum absolute atomic E-state index is 13.7. The van der Waals surface area contributed by atoms with Crippen molar-refractivity contribution in [1.29, 1.82) is 0 Å². The minimum atomic E-state index is -4.78. The number of pyridine rings is 1. The van der Waals surface area contributed by atoms with Crippen molar-refractivity contribution in [3.05, 3.63) is 76.0 Å². The number of alkyl halides is 3. The lowest BCUT2D eigenvalue weighted by atomic mass is 10.1. The highest BCUT2D eigenvalue weighted by Crippen LogP contribution is 2.38. The molecule has 0 spiro atoms. The van der Waals surface area contributed by atoms with Gasteiger partial charge in [-0.1, -0.05) is 30.3 Å². The number of H-pyrrole nitrogens is 1. The minimum Gasteiger partial charge on any atom is -0.481 e. The Morgan fingerprint density at radius 3 is 2.47 bits per heavy atom. The number of halogens is 3. The lowest BCUT2D eigenvalue weighted by molar-refractivity contribution is -0.140. The molecule has 164 valence electrons. The Morgan fingerprint density at radius 2 is 1.88 bits per heavy atom. The zero-order valence-electron chi connectivity index (χ0n) is 16.8. The van der Waals surface area contributed by atoms with Gasteiger partial charge in [-0.15, -0.1) is 0 Å². The number of benzene rings is 1. The minimum absolute atomic E-state index is 0.0149. The van der Waals surface area contributed by atoms with E-state index in [2.05, 4.69) is 20.4 Å². The van der Waals surface area contributed by atoms with Gasteiger partial charge < -0.3 is 10.1 Å². The molecular weight excluding hydrogens is 427 g/mol. The summed E-state index contributed by atoms with van der Waals surface area (Å²) in [5.74, 6) is -0.507. The van der Waals surface area contributed by atoms with Crippen LogP contribution in [0.1, 0.15) is 21.7 Å². The van der Waals surface area contributed by atoms with Gasteiger partial charge in [0.2, 0.25) is 5.88 Å². The van der Waals surface area contributed by atoms with Gasteiger partial charge in [0.05, 0.1) is 30.3 Å². The van der Waals surface area contributed by atoms with E-state index in [0.29, 0.717) is 10.4 Å². The van der Waals surface area contributed by atoms with Gasteiger partial charge in [-0.3, -0.25) is 14.7 Å². The number of aromatic nitrogens is 4. The fourth-order valence-corrected chi connectivity index (χ4v) is 3.29. The molecule has 4 rings (SSSR count). The maximum atomic E-state index is 13.7. The van der Waals surface area contributed by atoms with E-state index in [1.807, 2.05) is 0 Å². The summed E-state index contributed by atoms with van der Waals surface area (Å²) in [6.45, 7) is 1.39. The number of amides is 1. The number of carbonyl (C=O) groups excluding carboxylic acids is 1. The molecule has 0 bridgehead atoms. The first kappa shape index (κ1) is 21.1. The number of ether oxygens (including phenoxy) is 1. The molecule has 0 saturated carbocycles. The number of nitrogens with one attached hydrogen (secondary N) is 2. The van der Waals surface area contributed by atoms with Crippen LogP contribution >= 0.6 is 0 Å². The number of hydrogen-bond acceptors (Lipinski definition) is 5. The van der Waals surface area contributed by atoms with Crippen molar-refractivity contribution in [3.63, 3.8) is 0 Å². The van der Waals surface area contributed by atoms with E-state index in [1.54, 1.807) is 18.2 Å². The zero-order chi connectivity index (χ0) is 23.0. The molecule has 0 aliphatic heterocycles. The van der Waals surface area contributed by atoms with E-state index in [4.69, 9.17) is 4.74 Å². The van der Waals surface area contributed by atoms with Gasteiger partial charge in [0, 0.05) is 6.07 Å². The summed E-state index contributed by atoms with van der Waals surface area (Å²) in [7, 11) is 1.43. The van der Waals surface area contributed by atoms with Gasteiger partial charge in [-0.05, 0) is 18.6 Å². The van der Waals surface area contributed by atoms with E-state index in [1.165, 1.54) is 44.5 Å². The van der Waals surface area contributed by atoms with Crippen LogP contribution in [0.2, 0.25) is 0 Å². The average Bonchev–Trinajstić information content (AvgIpc) is 3.15. The highest BCUT2D eigenvalue weighted by Gasteiger charge is 2.38. The van der Waals surface area contributed by atoms with Crippen molar-refractivity contribution < 1.29 is 22.7 Å². The number of rotatable bonds is 4. The molecule has 3 aromatic heterocycles. The maximum Gasteiger partial charge on any atom is 0.433 e. The number of aromatic amines is 1. The Kier molecular flexibility index (Phi) is 5.17. The predicted molar refractivity (Wildman–Crippen MR) is 110 cm³/mol. The van der Waals surface area contributed by atoms with Crippen molar-refractivity contribution in [2.75, 3.05) is 12.4 Å². The molecule has 0 aliphatic rings. The highest BCUT2D eigenvalue weighted by atomic mass is 19.4. The number of nitrogens with zero attached hydrogens (tertiary/aromatic N) is 3. The standard InChI is InChI=1S/C21H16F3N5O3/c1-11-15(19(30)27-13-8-9-14(32-2)25-10-13)20(31)29-18(26-11)16(12-6-4-3-5-7-12)17(28-29)21(22,23)24/h3-10,28H,1-2H3,(H,27,30). The molecule has 1 amide bonds. The predicted octanol–water partition coefficient (Wildman–Crippen LogP) is 3.67. The molecule has 0 saturated heterocycles. The summed E-state index contributed by atoms with van der Waals surface area (Å²) in [5.41, 5.74) is -2.51. The van der Waals surface area contributed by atoms with Crippen molar-refractivity contribution in [2.24, 2.45) is 0 Å². The van der Waals surface area contributed by atoms with Gasteiger partial charge in [-0.25, -0.2) is 9.97 Å². The second-order valence-electron chi connectivity index (χ2n) is 6.81. The van der Waals surface area contributed by atoms with Crippen LogP contribution in [0, 0.1) is 6.92 Å². The van der Waals surface area contributed by atoms with Crippen LogP contribution in [-0.2, 0) is 6.18 Å². The monoisotopic (exact) mass is 443 g/mol. The molecule has 11 heteroatoms. The van der Waals surface area contributed by atoms with Gasteiger partial charge in [0.25, 0.3) is 11.5 Å². The smallest absolute Gasteiger partial charge is 0.433 e. The molecule has 0 atom stereocenters. The van der Waals surface area contributed by atoms with Crippen molar-refractivity contribution in [3.8, 4) is 17.0 Å². The molecule has 32 heavy (non-hydrogen) atoms. The number of aryl methyl sites for hydroxylation is 1. The average molecular weight is 443 g/mol. The molecular formula is C21H16F3N5O3. The van der Waals surface area contributed by atoms with Crippen LogP contribution in [0.5, 0.6) is 5.88 Å². The summed E-state index contributed by atoms with van der Waals surface area (Å²) in [6, 6.07) is 10.8. The van der Waals surface area contributed by atoms with Crippen molar-refractivity contribution in [2.45, 2.75) is 13.1 Å². The third-order valence-corrected chi connectivity index (χ3v) is 4.74. The number of anilines is 1. The molecule has 8 nitrogen and oxygen atoms in total. The Hall–Kier alpha value is -4.15. The summed E-state index contributed by atoms with van der Waals surface area (Å²) in [4.78, 5) is 33.9. The Balaban J connectivity index is 1.86. The molecule has 0 radical (unpaired) electrons. The Bertz CT molecular complexity index is 1360. The molecule has 0 aliphatic carbocycles. The van der Waals surface area contributed by atoms with E-state index in [9.17, 15) is 22.8 Å². The fourth-order valence-electron chi connectivity index (χ4n) is 3.29. The molecule has 0 unspecified atom stereocenters. The van der Waals surface area contributed by atoms with Crippen LogP contribution < -0.4 is 15.6 Å². The SMILES string of the molecule is COc1ccc(NC(=O)c2c(C)nc3c(-c4ccccc4)c(C(F)(F)F)[nH]n3c2=O)cn1. The Labute approximate surface area is 178 Å². The number of hydrogen-bond donors (Lipinski definition) is 2. The summed E-state index contributed by atoms with van der Waals surface area (Å²) >= 11 is 0.